The van der Waals surface area contributed by atoms with Gasteiger partial charge in [0.2, 0.25) is 0 Å². The van der Waals surface area contributed by atoms with Crippen molar-refractivity contribution in [1.29, 1.82) is 0 Å². The fourth-order valence-electron chi connectivity index (χ4n) is 4.64. The Hall–Kier alpha value is -2.98. The van der Waals surface area contributed by atoms with Crippen molar-refractivity contribution < 1.29 is 4.79 Å². The molecule has 2 N–H and O–H groups in total. The second kappa shape index (κ2) is 7.45. The molecule has 1 atom stereocenters. The van der Waals surface area contributed by atoms with Crippen LogP contribution in [0.5, 0.6) is 0 Å². The van der Waals surface area contributed by atoms with E-state index in [1.165, 1.54) is 11.1 Å². The zero-order valence-electron chi connectivity index (χ0n) is 16.5. The van der Waals surface area contributed by atoms with E-state index in [2.05, 4.69) is 18.2 Å². The summed E-state index contributed by atoms with van der Waals surface area (Å²) in [5.41, 5.74) is 12.1. The van der Waals surface area contributed by atoms with Crippen LogP contribution < -0.4 is 5.73 Å². The maximum atomic E-state index is 13.6. The number of benzene rings is 2. The van der Waals surface area contributed by atoms with Crippen molar-refractivity contribution in [1.82, 2.24) is 9.88 Å². The Bertz CT molecular complexity index is 1100. The third kappa shape index (κ3) is 3.23. The average molecular weight is 383 g/mol. The van der Waals surface area contributed by atoms with E-state index in [9.17, 15) is 4.79 Å². The molecule has 1 fully saturated rings. The summed E-state index contributed by atoms with van der Waals surface area (Å²) >= 11 is 0. The molecule has 1 aromatic heterocycles. The number of nitrogens with zero attached hydrogens (tertiary/aromatic N) is 2. The SMILES string of the molecule is NCC1CCN(C(=O)c2c3c(nc4ccccc24)/C(=C\c2ccccc2)CC3)C1. The van der Waals surface area contributed by atoms with Gasteiger partial charge in [0.1, 0.15) is 0 Å². The van der Waals surface area contributed by atoms with Gasteiger partial charge in [-0.25, -0.2) is 4.98 Å². The Morgan fingerprint density at radius 2 is 1.90 bits per heavy atom. The molecule has 29 heavy (non-hydrogen) atoms. The summed E-state index contributed by atoms with van der Waals surface area (Å²) in [5, 5.41) is 0.966. The van der Waals surface area contributed by atoms with Gasteiger partial charge in [-0.1, -0.05) is 48.5 Å². The van der Waals surface area contributed by atoms with Crippen LogP contribution in [0.2, 0.25) is 0 Å². The van der Waals surface area contributed by atoms with Crippen LogP contribution in [0.3, 0.4) is 0 Å². The number of pyridine rings is 1. The minimum absolute atomic E-state index is 0.136. The number of para-hydroxylation sites is 1. The highest BCUT2D eigenvalue weighted by Gasteiger charge is 2.32. The number of nitrogens with two attached hydrogens (primary N) is 1. The lowest BCUT2D eigenvalue weighted by molar-refractivity contribution is 0.0788. The zero-order valence-corrected chi connectivity index (χ0v) is 16.5. The highest BCUT2D eigenvalue weighted by Crippen LogP contribution is 2.38. The lowest BCUT2D eigenvalue weighted by atomic mass is 9.99. The topological polar surface area (TPSA) is 59.2 Å². The van der Waals surface area contributed by atoms with Crippen molar-refractivity contribution in [2.75, 3.05) is 19.6 Å². The highest BCUT2D eigenvalue weighted by atomic mass is 16.2. The molecule has 4 heteroatoms. The molecule has 146 valence electrons. The molecule has 0 bridgehead atoms. The van der Waals surface area contributed by atoms with Crippen LogP contribution in [0.15, 0.2) is 54.6 Å². The van der Waals surface area contributed by atoms with Crippen LogP contribution in [0.25, 0.3) is 22.6 Å². The molecule has 3 aromatic rings. The van der Waals surface area contributed by atoms with E-state index in [1.54, 1.807) is 0 Å². The van der Waals surface area contributed by atoms with Gasteiger partial charge in [-0.05, 0) is 60.6 Å². The molecule has 0 spiro atoms. The summed E-state index contributed by atoms with van der Waals surface area (Å²) in [5.74, 6) is 0.547. The first-order chi connectivity index (χ1) is 14.2. The molecule has 2 aromatic carbocycles. The molecule has 4 nitrogen and oxygen atoms in total. The number of likely N-dealkylation sites (tertiary alicyclic amines) is 1. The monoisotopic (exact) mass is 383 g/mol. The average Bonchev–Trinajstić information content (AvgIpc) is 3.40. The normalized spacial score (nSPS) is 19.8. The van der Waals surface area contributed by atoms with E-state index in [0.29, 0.717) is 12.5 Å². The van der Waals surface area contributed by atoms with Crippen molar-refractivity contribution in [2.45, 2.75) is 19.3 Å². The standard InChI is InChI=1S/C25H25N3O/c26-15-18-12-13-28(16-18)25(29)23-20-8-4-5-9-22(20)27-24-19(10-11-21(23)24)14-17-6-2-1-3-7-17/h1-9,14,18H,10-13,15-16,26H2/b19-14-. The molecule has 2 heterocycles. The quantitative estimate of drug-likeness (QED) is 0.739. The summed E-state index contributed by atoms with van der Waals surface area (Å²) in [6, 6.07) is 18.4. The van der Waals surface area contributed by atoms with Crippen LogP contribution in [0.4, 0.5) is 0 Å². The van der Waals surface area contributed by atoms with Crippen LogP contribution in [-0.4, -0.2) is 35.4 Å². The van der Waals surface area contributed by atoms with Gasteiger partial charge in [0, 0.05) is 18.5 Å². The predicted octanol–water partition coefficient (Wildman–Crippen LogP) is 4.14. The van der Waals surface area contributed by atoms with Crippen molar-refractivity contribution in [3.05, 3.63) is 77.0 Å². The van der Waals surface area contributed by atoms with E-state index < -0.39 is 0 Å². The summed E-state index contributed by atoms with van der Waals surface area (Å²) in [6.45, 7) is 2.19. The number of hydrogen-bond donors (Lipinski definition) is 1. The largest absolute Gasteiger partial charge is 0.338 e. The number of carbonyl (C=O) groups is 1. The van der Waals surface area contributed by atoms with Gasteiger partial charge in [0.05, 0.1) is 16.8 Å². The Morgan fingerprint density at radius 3 is 2.69 bits per heavy atom. The summed E-state index contributed by atoms with van der Waals surface area (Å²) in [6.07, 6.45) is 4.98. The number of fused-ring (bicyclic) bond motifs is 2. The Labute approximate surface area is 171 Å². The Balaban J connectivity index is 1.63. The van der Waals surface area contributed by atoms with E-state index in [1.807, 2.05) is 47.4 Å². The molecule has 2 aliphatic rings. The molecular formula is C25H25N3O. The lowest BCUT2D eigenvalue weighted by Gasteiger charge is -2.20. The minimum Gasteiger partial charge on any atom is -0.338 e. The first-order valence-corrected chi connectivity index (χ1v) is 10.4. The van der Waals surface area contributed by atoms with Gasteiger partial charge >= 0.3 is 0 Å². The molecule has 1 unspecified atom stereocenters. The number of carbonyl (C=O) groups excluding carboxylic acids is 1. The summed E-state index contributed by atoms with van der Waals surface area (Å²) in [7, 11) is 0. The highest BCUT2D eigenvalue weighted by molar-refractivity contribution is 6.09. The molecule has 0 saturated carbocycles. The third-order valence-electron chi connectivity index (χ3n) is 6.20. The summed E-state index contributed by atoms with van der Waals surface area (Å²) in [4.78, 5) is 20.5. The fraction of sp³-hybridized carbons (Fsp3) is 0.280. The van der Waals surface area contributed by atoms with Crippen LogP contribution >= 0.6 is 0 Å². The number of amides is 1. The summed E-state index contributed by atoms with van der Waals surface area (Å²) < 4.78 is 0. The first kappa shape index (κ1) is 18.1. The van der Waals surface area contributed by atoms with Crippen LogP contribution in [0, 0.1) is 5.92 Å². The van der Waals surface area contributed by atoms with Gasteiger partial charge in [-0.2, -0.15) is 0 Å². The Kier molecular flexibility index (Phi) is 4.64. The van der Waals surface area contributed by atoms with Gasteiger partial charge < -0.3 is 10.6 Å². The maximum absolute atomic E-state index is 13.6. The number of hydrogen-bond acceptors (Lipinski definition) is 3. The molecule has 0 radical (unpaired) electrons. The lowest BCUT2D eigenvalue weighted by Crippen LogP contribution is -2.31. The number of aromatic nitrogens is 1. The van der Waals surface area contributed by atoms with Crippen molar-refractivity contribution in [3.8, 4) is 0 Å². The first-order valence-electron chi connectivity index (χ1n) is 10.4. The molecule has 1 saturated heterocycles. The van der Waals surface area contributed by atoms with Gasteiger partial charge in [0.15, 0.2) is 0 Å². The van der Waals surface area contributed by atoms with E-state index in [0.717, 1.165) is 60.1 Å². The van der Waals surface area contributed by atoms with Crippen molar-refractivity contribution >= 4 is 28.5 Å². The maximum Gasteiger partial charge on any atom is 0.254 e. The van der Waals surface area contributed by atoms with Crippen molar-refractivity contribution in [2.24, 2.45) is 11.7 Å². The second-order valence-corrected chi connectivity index (χ2v) is 8.05. The molecular weight excluding hydrogens is 358 g/mol. The third-order valence-corrected chi connectivity index (χ3v) is 6.20. The predicted molar refractivity (Wildman–Crippen MR) is 117 cm³/mol. The zero-order chi connectivity index (χ0) is 19.8. The molecule has 1 aliphatic heterocycles. The van der Waals surface area contributed by atoms with Crippen molar-refractivity contribution in [3.63, 3.8) is 0 Å². The van der Waals surface area contributed by atoms with E-state index in [-0.39, 0.29) is 5.91 Å². The van der Waals surface area contributed by atoms with Gasteiger partial charge in [-0.3, -0.25) is 4.79 Å². The smallest absolute Gasteiger partial charge is 0.254 e. The van der Waals surface area contributed by atoms with E-state index in [4.69, 9.17) is 10.7 Å². The van der Waals surface area contributed by atoms with Gasteiger partial charge in [0.25, 0.3) is 5.91 Å². The van der Waals surface area contributed by atoms with Gasteiger partial charge in [-0.15, -0.1) is 0 Å². The minimum atomic E-state index is 0.136. The fourth-order valence-corrected chi connectivity index (χ4v) is 4.64. The van der Waals surface area contributed by atoms with Crippen LogP contribution in [-0.2, 0) is 6.42 Å². The number of rotatable bonds is 3. The molecule has 5 rings (SSSR count). The molecule has 1 aliphatic carbocycles. The molecule has 1 amide bonds. The Morgan fingerprint density at radius 1 is 1.10 bits per heavy atom. The second-order valence-electron chi connectivity index (χ2n) is 8.05. The van der Waals surface area contributed by atoms with Crippen LogP contribution in [0.1, 0.15) is 40.0 Å². The van der Waals surface area contributed by atoms with E-state index >= 15 is 0 Å². The number of allylic oxidation sites excluding steroid dienone is 1.